The number of carbonyl (C=O) groups is 1. The molecule has 6 nitrogen and oxygen atoms in total. The topological polar surface area (TPSA) is 72.7 Å². The van der Waals surface area contributed by atoms with Crippen LogP contribution in [0.5, 0.6) is 0 Å². The Kier molecular flexibility index (Phi) is 6.46. The summed E-state index contributed by atoms with van der Waals surface area (Å²) < 4.78 is 16.2. The van der Waals surface area contributed by atoms with Crippen LogP contribution in [0.3, 0.4) is 0 Å². The summed E-state index contributed by atoms with van der Waals surface area (Å²) >= 11 is 2.69. The first-order valence-corrected chi connectivity index (χ1v) is 10.7. The Hall–Kier alpha value is -2.26. The summed E-state index contributed by atoms with van der Waals surface area (Å²) in [7, 11) is 0. The van der Waals surface area contributed by atoms with E-state index in [-0.39, 0.29) is 11.7 Å². The van der Waals surface area contributed by atoms with Crippen molar-refractivity contribution < 1.29 is 9.18 Å². The molecule has 3 aromatic rings. The normalized spacial score (nSPS) is 12.4. The molecule has 28 heavy (non-hydrogen) atoms. The van der Waals surface area contributed by atoms with Crippen LogP contribution in [0.25, 0.3) is 11.4 Å². The van der Waals surface area contributed by atoms with Crippen LogP contribution in [0.1, 0.15) is 26.5 Å². The fourth-order valence-electron chi connectivity index (χ4n) is 2.58. The average Bonchev–Trinajstić information content (AvgIpc) is 3.21. The van der Waals surface area contributed by atoms with Crippen molar-refractivity contribution in [2.24, 2.45) is 5.92 Å². The van der Waals surface area contributed by atoms with E-state index in [1.165, 1.54) is 29.2 Å². The van der Waals surface area contributed by atoms with E-state index in [1.807, 2.05) is 16.9 Å². The number of thiazole rings is 1. The van der Waals surface area contributed by atoms with E-state index in [2.05, 4.69) is 34.3 Å². The van der Waals surface area contributed by atoms with Gasteiger partial charge < -0.3 is 9.88 Å². The van der Waals surface area contributed by atoms with Gasteiger partial charge in [0.05, 0.1) is 16.5 Å². The van der Waals surface area contributed by atoms with Crippen LogP contribution in [-0.2, 0) is 11.3 Å². The van der Waals surface area contributed by atoms with E-state index in [4.69, 9.17) is 0 Å². The van der Waals surface area contributed by atoms with E-state index in [0.29, 0.717) is 34.1 Å². The minimum atomic E-state index is -0.409. The smallest absolute Gasteiger partial charge is 0.239 e. The number of aryl methyl sites for hydroxylation is 1. The third kappa shape index (κ3) is 4.77. The van der Waals surface area contributed by atoms with E-state index in [1.54, 1.807) is 25.1 Å². The summed E-state index contributed by atoms with van der Waals surface area (Å²) in [5.41, 5.74) is 1.27. The van der Waals surface area contributed by atoms with Crippen molar-refractivity contribution in [3.8, 4) is 11.4 Å². The number of aromatic nitrogens is 4. The van der Waals surface area contributed by atoms with Crippen molar-refractivity contribution in [2.45, 2.75) is 44.6 Å². The molecule has 1 amide bonds. The van der Waals surface area contributed by atoms with Gasteiger partial charge in [-0.25, -0.2) is 9.37 Å². The second-order valence-corrected chi connectivity index (χ2v) is 9.00. The third-order valence-corrected chi connectivity index (χ3v) is 5.84. The van der Waals surface area contributed by atoms with Gasteiger partial charge in [-0.15, -0.1) is 21.5 Å². The molecular formula is C19H22FN5OS2. The Morgan fingerprint density at radius 3 is 2.68 bits per heavy atom. The molecule has 0 radical (unpaired) electrons. The number of benzene rings is 1. The molecule has 0 aliphatic heterocycles. The third-order valence-electron chi connectivity index (χ3n) is 3.88. The monoisotopic (exact) mass is 419 g/mol. The standard InChI is InChI=1S/C19H22FN5OS2/c1-11(2)9-25-16(14-7-5-6-8-15(14)20)23-24-19(25)28-13(4)17(26)22-18-21-12(3)10-27-18/h5-8,10-11,13H,9H2,1-4H3,(H,21,22,26)/t13-/m0/s1. The summed E-state index contributed by atoms with van der Waals surface area (Å²) in [5, 5.41) is 13.9. The van der Waals surface area contributed by atoms with Crippen molar-refractivity contribution >= 4 is 34.1 Å². The minimum Gasteiger partial charge on any atom is -0.302 e. The summed E-state index contributed by atoms with van der Waals surface area (Å²) in [4.78, 5) is 16.8. The molecule has 0 aliphatic rings. The highest BCUT2D eigenvalue weighted by Gasteiger charge is 2.23. The molecule has 1 atom stereocenters. The van der Waals surface area contributed by atoms with Gasteiger partial charge in [0, 0.05) is 11.9 Å². The Labute approximate surface area is 171 Å². The summed E-state index contributed by atoms with van der Waals surface area (Å²) in [6.45, 7) is 8.45. The van der Waals surface area contributed by atoms with Gasteiger partial charge in [0.25, 0.3) is 0 Å². The van der Waals surface area contributed by atoms with E-state index < -0.39 is 5.25 Å². The van der Waals surface area contributed by atoms with Crippen molar-refractivity contribution in [3.05, 3.63) is 41.2 Å². The summed E-state index contributed by atoms with van der Waals surface area (Å²) in [6, 6.07) is 6.50. The van der Waals surface area contributed by atoms with Crippen LogP contribution in [0.2, 0.25) is 0 Å². The maximum atomic E-state index is 14.3. The lowest BCUT2D eigenvalue weighted by Gasteiger charge is -2.15. The quantitative estimate of drug-likeness (QED) is 0.566. The SMILES string of the molecule is Cc1csc(NC(=O)[C@H](C)Sc2nnc(-c3ccccc3F)n2CC(C)C)n1. The molecule has 2 aromatic heterocycles. The highest BCUT2D eigenvalue weighted by atomic mass is 32.2. The van der Waals surface area contributed by atoms with E-state index >= 15 is 0 Å². The first-order chi connectivity index (χ1) is 13.3. The Morgan fingerprint density at radius 2 is 2.04 bits per heavy atom. The molecule has 3 rings (SSSR count). The van der Waals surface area contributed by atoms with E-state index in [0.717, 1.165) is 5.69 Å². The molecule has 9 heteroatoms. The van der Waals surface area contributed by atoms with Crippen LogP contribution in [-0.4, -0.2) is 30.9 Å². The number of amides is 1. The van der Waals surface area contributed by atoms with Gasteiger partial charge in [0.1, 0.15) is 5.82 Å². The predicted molar refractivity (Wildman–Crippen MR) is 111 cm³/mol. The molecule has 2 heterocycles. The molecule has 148 valence electrons. The zero-order chi connectivity index (χ0) is 20.3. The van der Waals surface area contributed by atoms with Crippen molar-refractivity contribution in [3.63, 3.8) is 0 Å². The maximum absolute atomic E-state index is 14.3. The molecule has 0 saturated carbocycles. The Morgan fingerprint density at radius 1 is 1.29 bits per heavy atom. The van der Waals surface area contributed by atoms with Gasteiger partial charge in [-0.3, -0.25) is 4.79 Å². The van der Waals surface area contributed by atoms with Gasteiger partial charge >= 0.3 is 0 Å². The number of rotatable bonds is 7. The lowest BCUT2D eigenvalue weighted by Crippen LogP contribution is -2.23. The largest absolute Gasteiger partial charge is 0.302 e. The number of nitrogens with one attached hydrogen (secondary N) is 1. The molecule has 1 aromatic carbocycles. The molecule has 0 unspecified atom stereocenters. The fourth-order valence-corrected chi connectivity index (χ4v) is 4.13. The number of hydrogen-bond donors (Lipinski definition) is 1. The number of anilines is 1. The zero-order valence-electron chi connectivity index (χ0n) is 16.1. The van der Waals surface area contributed by atoms with E-state index in [9.17, 15) is 9.18 Å². The fraction of sp³-hybridized carbons (Fsp3) is 0.368. The highest BCUT2D eigenvalue weighted by molar-refractivity contribution is 8.00. The summed E-state index contributed by atoms with van der Waals surface area (Å²) in [6.07, 6.45) is 0. The molecule has 1 N–H and O–H groups in total. The number of hydrogen-bond acceptors (Lipinski definition) is 6. The Balaban J connectivity index is 1.83. The number of nitrogens with zero attached hydrogens (tertiary/aromatic N) is 4. The molecular weight excluding hydrogens is 397 g/mol. The number of thioether (sulfide) groups is 1. The lowest BCUT2D eigenvalue weighted by atomic mass is 10.2. The van der Waals surface area contributed by atoms with Gasteiger partial charge in [-0.1, -0.05) is 37.7 Å². The van der Waals surface area contributed by atoms with Gasteiger partial charge in [0.15, 0.2) is 16.1 Å². The van der Waals surface area contributed by atoms with Gasteiger partial charge in [-0.2, -0.15) is 0 Å². The predicted octanol–water partition coefficient (Wildman–Crippen LogP) is 4.62. The number of halogens is 1. The molecule has 0 saturated heterocycles. The highest BCUT2D eigenvalue weighted by Crippen LogP contribution is 2.29. The first-order valence-electron chi connectivity index (χ1n) is 8.93. The maximum Gasteiger partial charge on any atom is 0.239 e. The van der Waals surface area contributed by atoms with Crippen LogP contribution in [0.4, 0.5) is 9.52 Å². The van der Waals surface area contributed by atoms with Gasteiger partial charge in [0.2, 0.25) is 5.91 Å². The number of carbonyl (C=O) groups excluding carboxylic acids is 1. The second kappa shape index (κ2) is 8.83. The lowest BCUT2D eigenvalue weighted by molar-refractivity contribution is -0.115. The summed E-state index contributed by atoms with van der Waals surface area (Å²) in [5.74, 6) is 0.271. The Bertz CT molecular complexity index is 969. The van der Waals surface area contributed by atoms with Crippen molar-refractivity contribution in [1.82, 2.24) is 19.7 Å². The van der Waals surface area contributed by atoms with Crippen LogP contribution in [0, 0.1) is 18.7 Å². The first kappa shape index (κ1) is 20.5. The molecule has 0 fully saturated rings. The van der Waals surface area contributed by atoms with Crippen LogP contribution in [0.15, 0.2) is 34.8 Å². The second-order valence-electron chi connectivity index (χ2n) is 6.83. The average molecular weight is 420 g/mol. The molecule has 0 spiro atoms. The molecule has 0 aliphatic carbocycles. The van der Waals surface area contributed by atoms with Crippen LogP contribution >= 0.6 is 23.1 Å². The van der Waals surface area contributed by atoms with Crippen LogP contribution < -0.4 is 5.32 Å². The van der Waals surface area contributed by atoms with Crippen molar-refractivity contribution in [1.29, 1.82) is 0 Å². The zero-order valence-corrected chi connectivity index (χ0v) is 17.8. The molecule has 0 bridgehead atoms. The van der Waals surface area contributed by atoms with Gasteiger partial charge in [-0.05, 0) is 31.9 Å². The minimum absolute atomic E-state index is 0.161. The van der Waals surface area contributed by atoms with Crippen molar-refractivity contribution in [2.75, 3.05) is 5.32 Å².